The molecule has 1 aliphatic rings. The fraction of sp³-hybridized carbons (Fsp3) is 0.0800. The Morgan fingerprint density at radius 2 is 1.84 bits per heavy atom. The van der Waals surface area contributed by atoms with Crippen LogP contribution in [-0.2, 0) is 21.4 Å². The van der Waals surface area contributed by atoms with Gasteiger partial charge < -0.3 is 5.32 Å². The zero-order valence-corrected chi connectivity index (χ0v) is 21.2. The summed E-state index contributed by atoms with van der Waals surface area (Å²) in [7, 11) is -4.01. The van der Waals surface area contributed by atoms with Crippen molar-refractivity contribution in [2.24, 2.45) is 0 Å². The van der Waals surface area contributed by atoms with Crippen LogP contribution >= 0.6 is 23.4 Å². The molecule has 7 nitrogen and oxygen atoms in total. The van der Waals surface area contributed by atoms with Gasteiger partial charge in [-0.3, -0.25) is 9.10 Å². The highest BCUT2D eigenvalue weighted by Gasteiger charge is 2.37. The fourth-order valence-electron chi connectivity index (χ4n) is 3.80. The second-order valence-corrected chi connectivity index (χ2v) is 11.2. The molecule has 1 aromatic heterocycles. The van der Waals surface area contributed by atoms with E-state index in [9.17, 15) is 22.0 Å². The van der Waals surface area contributed by atoms with Gasteiger partial charge in [0.05, 0.1) is 35.6 Å². The number of anilines is 2. The lowest BCUT2D eigenvalue weighted by atomic mass is 10.1. The summed E-state index contributed by atoms with van der Waals surface area (Å²) in [6, 6.07) is 16.7. The predicted octanol–water partition coefficient (Wildman–Crippen LogP) is 5.51. The van der Waals surface area contributed by atoms with Crippen molar-refractivity contribution in [1.29, 1.82) is 0 Å². The predicted molar refractivity (Wildman–Crippen MR) is 138 cm³/mol. The molecule has 3 aromatic carbocycles. The molecule has 0 aliphatic carbocycles. The number of nitrogens with one attached hydrogen (secondary N) is 1. The Bertz CT molecular complexity index is 1620. The van der Waals surface area contributed by atoms with E-state index in [1.165, 1.54) is 10.5 Å². The third-order valence-corrected chi connectivity index (χ3v) is 8.34. The van der Waals surface area contributed by atoms with Crippen molar-refractivity contribution in [3.8, 4) is 11.3 Å². The topological polar surface area (TPSA) is 92.3 Å². The molecule has 5 rings (SSSR count). The van der Waals surface area contributed by atoms with Gasteiger partial charge in [0, 0.05) is 16.7 Å². The summed E-state index contributed by atoms with van der Waals surface area (Å²) in [6.45, 7) is 0.102. The Morgan fingerprint density at radius 3 is 2.62 bits per heavy atom. The van der Waals surface area contributed by atoms with Crippen LogP contribution in [0.3, 0.4) is 0 Å². The van der Waals surface area contributed by atoms with Gasteiger partial charge in [-0.1, -0.05) is 53.7 Å². The molecule has 0 spiro atoms. The van der Waals surface area contributed by atoms with E-state index < -0.39 is 27.6 Å². The van der Waals surface area contributed by atoms with E-state index in [0.717, 1.165) is 35.5 Å². The molecule has 0 radical (unpaired) electrons. The van der Waals surface area contributed by atoms with E-state index >= 15 is 0 Å². The lowest BCUT2D eigenvalue weighted by Gasteiger charge is -2.31. The van der Waals surface area contributed by atoms with E-state index in [1.807, 2.05) is 30.3 Å². The molecule has 4 aromatic rings. The number of fused-ring (bicyclic) bond motifs is 3. The number of halogens is 3. The van der Waals surface area contributed by atoms with E-state index in [1.54, 1.807) is 18.2 Å². The number of sulfonamides is 1. The van der Waals surface area contributed by atoms with Gasteiger partial charge in [0.15, 0.2) is 5.16 Å². The van der Waals surface area contributed by atoms with E-state index in [4.69, 9.17) is 11.6 Å². The van der Waals surface area contributed by atoms with Crippen LogP contribution in [0.4, 0.5) is 20.2 Å². The smallest absolute Gasteiger partial charge is 0.268 e. The van der Waals surface area contributed by atoms with Gasteiger partial charge >= 0.3 is 0 Å². The minimum atomic E-state index is -4.01. The molecule has 0 fully saturated rings. The van der Waals surface area contributed by atoms with Gasteiger partial charge in [-0.25, -0.2) is 27.2 Å². The molecule has 0 bridgehead atoms. The molecule has 2 heterocycles. The molecule has 1 amide bonds. The van der Waals surface area contributed by atoms with Crippen molar-refractivity contribution in [3.63, 3.8) is 0 Å². The maximum atomic E-state index is 13.8. The summed E-state index contributed by atoms with van der Waals surface area (Å²) in [5.41, 5.74) is 1.59. The third kappa shape index (κ3) is 5.15. The van der Waals surface area contributed by atoms with Crippen LogP contribution in [0.2, 0.25) is 5.02 Å². The highest BCUT2D eigenvalue weighted by molar-refractivity contribution is 7.99. The quantitative estimate of drug-likeness (QED) is 0.248. The molecule has 12 heteroatoms. The normalized spacial score (nSPS) is 13.5. The summed E-state index contributed by atoms with van der Waals surface area (Å²) in [5, 5.41) is 2.83. The minimum absolute atomic E-state index is 0.0890. The minimum Gasteiger partial charge on any atom is -0.323 e. The van der Waals surface area contributed by atoms with Crippen molar-refractivity contribution in [1.82, 2.24) is 9.97 Å². The van der Waals surface area contributed by atoms with Crippen molar-refractivity contribution in [3.05, 3.63) is 95.1 Å². The zero-order valence-electron chi connectivity index (χ0n) is 18.9. The second-order valence-electron chi connectivity index (χ2n) is 7.99. The molecule has 37 heavy (non-hydrogen) atoms. The first kappa shape index (κ1) is 25.1. The van der Waals surface area contributed by atoms with Gasteiger partial charge in [0.1, 0.15) is 16.5 Å². The van der Waals surface area contributed by atoms with Crippen molar-refractivity contribution in [2.75, 3.05) is 15.4 Å². The number of carbonyl (C=O) groups excluding carboxylic acids is 1. The largest absolute Gasteiger partial charge is 0.323 e. The van der Waals surface area contributed by atoms with Gasteiger partial charge in [0.25, 0.3) is 10.0 Å². The number of amides is 1. The summed E-state index contributed by atoms with van der Waals surface area (Å²) < 4.78 is 55.6. The Labute approximate surface area is 220 Å². The summed E-state index contributed by atoms with van der Waals surface area (Å²) in [6.07, 6.45) is 1.20. The SMILES string of the molecule is O=C(CSc1ncc2c(n1)-c1cc(Cl)ccc1N(Cc1ccccc1)S2(=O)=O)Nc1cc(F)ccc1F. The van der Waals surface area contributed by atoms with E-state index in [0.29, 0.717) is 16.3 Å². The van der Waals surface area contributed by atoms with Crippen LogP contribution in [0.1, 0.15) is 5.56 Å². The summed E-state index contributed by atoms with van der Waals surface area (Å²) in [5.74, 6) is -2.30. The van der Waals surface area contributed by atoms with Crippen LogP contribution in [0.15, 0.2) is 83.0 Å². The Balaban J connectivity index is 1.43. The van der Waals surface area contributed by atoms with Crippen LogP contribution in [0.5, 0.6) is 0 Å². The highest BCUT2D eigenvalue weighted by atomic mass is 35.5. The first-order valence-corrected chi connectivity index (χ1v) is 13.6. The van der Waals surface area contributed by atoms with Crippen molar-refractivity contribution < 1.29 is 22.0 Å². The van der Waals surface area contributed by atoms with E-state index in [2.05, 4.69) is 15.3 Å². The van der Waals surface area contributed by atoms with Crippen LogP contribution in [-0.4, -0.2) is 30.0 Å². The van der Waals surface area contributed by atoms with Gasteiger partial charge in [-0.05, 0) is 35.9 Å². The number of aromatic nitrogens is 2. The van der Waals surface area contributed by atoms with Crippen molar-refractivity contribution in [2.45, 2.75) is 16.6 Å². The molecular weight excluding hydrogens is 542 g/mol. The molecule has 0 atom stereocenters. The standard InChI is InChI=1S/C25H17ClF2N4O3S2/c26-16-6-9-21-18(10-16)24-22(37(34,35)32(21)13-15-4-2-1-3-5-15)12-29-25(31-24)36-14-23(33)30-20-11-17(27)7-8-19(20)28/h1-12H,13-14H2,(H,30,33). The molecule has 1 aliphatic heterocycles. The number of nitrogens with zero attached hydrogens (tertiary/aromatic N) is 3. The maximum absolute atomic E-state index is 13.8. The monoisotopic (exact) mass is 558 g/mol. The van der Waals surface area contributed by atoms with Crippen LogP contribution in [0, 0.1) is 11.6 Å². The number of rotatable bonds is 6. The Morgan fingerprint density at radius 1 is 1.05 bits per heavy atom. The highest BCUT2D eigenvalue weighted by Crippen LogP contribution is 2.44. The molecule has 0 saturated heterocycles. The lowest BCUT2D eigenvalue weighted by Crippen LogP contribution is -2.34. The molecule has 188 valence electrons. The number of hydrogen-bond donors (Lipinski definition) is 1. The molecule has 0 unspecified atom stereocenters. The zero-order chi connectivity index (χ0) is 26.2. The number of benzene rings is 3. The number of hydrogen-bond acceptors (Lipinski definition) is 6. The van der Waals surface area contributed by atoms with Gasteiger partial charge in [-0.2, -0.15) is 0 Å². The Hall–Kier alpha value is -3.54. The lowest BCUT2D eigenvalue weighted by molar-refractivity contribution is -0.113. The number of thioether (sulfide) groups is 1. The second kappa shape index (κ2) is 10.1. The van der Waals surface area contributed by atoms with E-state index in [-0.39, 0.29) is 33.7 Å². The molecule has 1 N–H and O–H groups in total. The average Bonchev–Trinajstić information content (AvgIpc) is 2.88. The van der Waals surface area contributed by atoms with Gasteiger partial charge in [0.2, 0.25) is 5.91 Å². The van der Waals surface area contributed by atoms with Crippen molar-refractivity contribution >= 4 is 50.7 Å². The number of carbonyl (C=O) groups is 1. The Kier molecular flexibility index (Phi) is 6.84. The summed E-state index contributed by atoms with van der Waals surface area (Å²) >= 11 is 7.16. The van der Waals surface area contributed by atoms with Gasteiger partial charge in [-0.15, -0.1) is 0 Å². The average molecular weight is 559 g/mol. The summed E-state index contributed by atoms with van der Waals surface area (Å²) in [4.78, 5) is 20.8. The first-order valence-electron chi connectivity index (χ1n) is 10.8. The molecular formula is C25H17ClF2N4O3S2. The third-order valence-electron chi connectivity index (χ3n) is 5.49. The maximum Gasteiger partial charge on any atom is 0.268 e. The first-order chi connectivity index (χ1) is 17.7. The fourth-order valence-corrected chi connectivity index (χ4v) is 6.15. The van der Waals surface area contributed by atoms with Crippen LogP contribution in [0.25, 0.3) is 11.3 Å². The molecule has 0 saturated carbocycles. The van der Waals surface area contributed by atoms with Crippen LogP contribution < -0.4 is 9.62 Å².